The molecule has 0 atom stereocenters. The summed E-state index contributed by atoms with van der Waals surface area (Å²) >= 11 is 0. The zero-order valence-corrected chi connectivity index (χ0v) is 12.0. The molecule has 14 heavy (non-hydrogen) atoms. The lowest BCUT2D eigenvalue weighted by molar-refractivity contribution is 0.187. The Hall–Kier alpha value is 0.660. The minimum atomic E-state index is 0.666. The van der Waals surface area contributed by atoms with Crippen molar-refractivity contribution in [3.05, 3.63) is 0 Å². The Bertz CT molecular complexity index is 127. The highest BCUT2D eigenvalue weighted by Crippen LogP contribution is 2.26. The van der Waals surface area contributed by atoms with E-state index in [9.17, 15) is 0 Å². The number of hydrogen-bond donors (Lipinski definition) is 0. The molecule has 0 fully saturated rings. The third-order valence-corrected chi connectivity index (χ3v) is 4.95. The van der Waals surface area contributed by atoms with Crippen LogP contribution < -0.4 is 0 Å². The summed E-state index contributed by atoms with van der Waals surface area (Å²) in [5.74, 6) is 1.24. The molecule has 0 N–H and O–H groups in total. The van der Waals surface area contributed by atoms with Crippen LogP contribution in [0.5, 0.6) is 0 Å². The summed E-state index contributed by atoms with van der Waals surface area (Å²) in [6.45, 7) is 14.8. The molecular weight excluding hydrogens is 210 g/mol. The van der Waals surface area contributed by atoms with Gasteiger partial charge in [0, 0.05) is 29.6 Å². The molecule has 86 valence electrons. The third-order valence-electron chi connectivity index (χ3n) is 2.02. The highest BCUT2D eigenvalue weighted by atomic mass is 33.1. The minimum Gasteiger partial charge on any atom is -0.298 e. The molecule has 0 aliphatic rings. The molecule has 0 radical (unpaired) electrons. The molecule has 3 heteroatoms. The van der Waals surface area contributed by atoms with Gasteiger partial charge in [-0.1, -0.05) is 35.4 Å². The van der Waals surface area contributed by atoms with Crippen LogP contribution in [0.4, 0.5) is 0 Å². The average Bonchev–Trinajstić information content (AvgIpc) is 2.01. The van der Waals surface area contributed by atoms with Crippen molar-refractivity contribution in [1.82, 2.24) is 4.90 Å². The second kappa shape index (κ2) is 7.89. The minimum absolute atomic E-state index is 0.666. The first-order chi connectivity index (χ1) is 6.45. The average molecular weight is 235 g/mol. The zero-order valence-electron chi connectivity index (χ0n) is 10.4. The van der Waals surface area contributed by atoms with Crippen molar-refractivity contribution in [1.29, 1.82) is 0 Å². The van der Waals surface area contributed by atoms with Crippen LogP contribution in [0.1, 0.15) is 41.5 Å². The molecule has 0 aromatic carbocycles. The van der Waals surface area contributed by atoms with Gasteiger partial charge in [-0.25, -0.2) is 0 Å². The summed E-state index contributed by atoms with van der Waals surface area (Å²) in [7, 11) is 3.99. The van der Waals surface area contributed by atoms with Crippen molar-refractivity contribution in [3.63, 3.8) is 0 Å². The molecule has 0 aromatic heterocycles. The van der Waals surface area contributed by atoms with E-state index in [0.717, 1.165) is 5.25 Å². The van der Waals surface area contributed by atoms with Crippen molar-refractivity contribution >= 4 is 21.6 Å². The molecule has 0 amide bonds. The summed E-state index contributed by atoms with van der Waals surface area (Å²) in [5, 5.41) is 0.742. The molecule has 0 aliphatic carbocycles. The lowest BCUT2D eigenvalue weighted by Crippen LogP contribution is -2.38. The molecular formula is C11H25NS2. The smallest absolute Gasteiger partial charge is 0.0165 e. The Morgan fingerprint density at radius 1 is 0.929 bits per heavy atom. The zero-order chi connectivity index (χ0) is 11.1. The SMILES string of the molecule is CC(C)SSCCN(C(C)C)C(C)C. The first-order valence-corrected chi connectivity index (χ1v) is 7.87. The molecule has 0 bridgehead atoms. The Balaban J connectivity index is 3.62. The highest BCUT2D eigenvalue weighted by molar-refractivity contribution is 8.76. The van der Waals surface area contributed by atoms with Crippen LogP contribution in [-0.4, -0.2) is 34.5 Å². The summed E-state index contributed by atoms with van der Waals surface area (Å²) in [6, 6.07) is 1.33. The van der Waals surface area contributed by atoms with Crippen LogP contribution in [0.2, 0.25) is 0 Å². The molecule has 0 heterocycles. The quantitative estimate of drug-likeness (QED) is 0.487. The second-order valence-corrected chi connectivity index (χ2v) is 7.46. The molecule has 0 rings (SSSR count). The first kappa shape index (κ1) is 14.7. The molecule has 0 saturated heterocycles. The summed E-state index contributed by atoms with van der Waals surface area (Å²) in [5.41, 5.74) is 0. The van der Waals surface area contributed by atoms with E-state index >= 15 is 0 Å². The van der Waals surface area contributed by atoms with E-state index in [4.69, 9.17) is 0 Å². The number of hydrogen-bond acceptors (Lipinski definition) is 3. The van der Waals surface area contributed by atoms with Gasteiger partial charge in [-0.05, 0) is 27.7 Å². The van der Waals surface area contributed by atoms with Crippen molar-refractivity contribution in [2.24, 2.45) is 0 Å². The molecule has 0 saturated carbocycles. The van der Waals surface area contributed by atoms with Crippen LogP contribution in [0, 0.1) is 0 Å². The van der Waals surface area contributed by atoms with Gasteiger partial charge >= 0.3 is 0 Å². The van der Waals surface area contributed by atoms with E-state index in [2.05, 4.69) is 46.4 Å². The van der Waals surface area contributed by atoms with Gasteiger partial charge in [0.05, 0.1) is 0 Å². The van der Waals surface area contributed by atoms with Crippen LogP contribution >= 0.6 is 21.6 Å². The largest absolute Gasteiger partial charge is 0.298 e. The molecule has 1 nitrogen and oxygen atoms in total. The van der Waals surface area contributed by atoms with Crippen LogP contribution in [0.3, 0.4) is 0 Å². The van der Waals surface area contributed by atoms with Gasteiger partial charge in [-0.15, -0.1) is 0 Å². The fourth-order valence-electron chi connectivity index (χ4n) is 1.44. The van der Waals surface area contributed by atoms with Gasteiger partial charge in [-0.3, -0.25) is 4.90 Å². The van der Waals surface area contributed by atoms with E-state index in [1.165, 1.54) is 12.3 Å². The van der Waals surface area contributed by atoms with Crippen molar-refractivity contribution < 1.29 is 0 Å². The molecule has 0 unspecified atom stereocenters. The van der Waals surface area contributed by atoms with E-state index in [1.807, 2.05) is 21.6 Å². The molecule has 0 aliphatic heterocycles. The lowest BCUT2D eigenvalue weighted by atomic mass is 10.2. The van der Waals surface area contributed by atoms with Gasteiger partial charge in [0.15, 0.2) is 0 Å². The van der Waals surface area contributed by atoms with Gasteiger partial charge < -0.3 is 0 Å². The highest BCUT2D eigenvalue weighted by Gasteiger charge is 2.12. The molecule has 0 aromatic rings. The first-order valence-electron chi connectivity index (χ1n) is 5.49. The summed E-state index contributed by atoms with van der Waals surface area (Å²) in [4.78, 5) is 2.55. The Kier molecular flexibility index (Phi) is 8.26. The van der Waals surface area contributed by atoms with E-state index in [1.54, 1.807) is 0 Å². The van der Waals surface area contributed by atoms with E-state index in [0.29, 0.717) is 12.1 Å². The van der Waals surface area contributed by atoms with Crippen molar-refractivity contribution in [2.75, 3.05) is 12.3 Å². The Morgan fingerprint density at radius 2 is 1.43 bits per heavy atom. The standard InChI is InChI=1S/C11H25NS2/c1-9(2)12(10(3)4)7-8-13-14-11(5)6/h9-11H,7-8H2,1-6H3. The van der Waals surface area contributed by atoms with Gasteiger partial charge in [0.1, 0.15) is 0 Å². The van der Waals surface area contributed by atoms with Gasteiger partial charge in [-0.2, -0.15) is 0 Å². The maximum absolute atomic E-state index is 2.55. The monoisotopic (exact) mass is 235 g/mol. The van der Waals surface area contributed by atoms with E-state index < -0.39 is 0 Å². The maximum Gasteiger partial charge on any atom is 0.0165 e. The van der Waals surface area contributed by atoms with Crippen LogP contribution in [0.25, 0.3) is 0 Å². The second-order valence-electron chi connectivity index (χ2n) is 4.39. The Morgan fingerprint density at radius 3 is 1.79 bits per heavy atom. The fourth-order valence-corrected chi connectivity index (χ4v) is 3.42. The third kappa shape index (κ3) is 7.02. The maximum atomic E-state index is 2.55. The number of rotatable bonds is 7. The normalized spacial score (nSPS) is 12.4. The van der Waals surface area contributed by atoms with Gasteiger partial charge in [0.25, 0.3) is 0 Å². The summed E-state index contributed by atoms with van der Waals surface area (Å²) < 4.78 is 0. The van der Waals surface area contributed by atoms with Crippen molar-refractivity contribution in [2.45, 2.75) is 58.9 Å². The predicted molar refractivity (Wildman–Crippen MR) is 72.2 cm³/mol. The number of nitrogens with zero attached hydrogens (tertiary/aromatic N) is 1. The summed E-state index contributed by atoms with van der Waals surface area (Å²) in [6.07, 6.45) is 0. The van der Waals surface area contributed by atoms with Crippen molar-refractivity contribution in [3.8, 4) is 0 Å². The predicted octanol–water partition coefficient (Wildman–Crippen LogP) is 3.90. The fraction of sp³-hybridized carbons (Fsp3) is 1.00. The van der Waals surface area contributed by atoms with Crippen LogP contribution in [0.15, 0.2) is 0 Å². The van der Waals surface area contributed by atoms with Gasteiger partial charge in [0.2, 0.25) is 0 Å². The molecule has 0 spiro atoms. The van der Waals surface area contributed by atoms with E-state index in [-0.39, 0.29) is 0 Å². The Labute approximate surface area is 97.8 Å². The topological polar surface area (TPSA) is 3.24 Å². The van der Waals surface area contributed by atoms with Crippen LogP contribution in [-0.2, 0) is 0 Å². The lowest BCUT2D eigenvalue weighted by Gasteiger charge is -2.30.